The van der Waals surface area contributed by atoms with Gasteiger partial charge in [0, 0.05) is 19.0 Å². The second-order valence-corrected chi connectivity index (χ2v) is 4.85. The SMILES string of the molecule is O=C(CCc1cc(F)ccc1F)N[C@H]1CCCNC1. The average molecular weight is 268 g/mol. The molecule has 1 aromatic carbocycles. The minimum atomic E-state index is -0.478. The number of carbonyl (C=O) groups is 1. The first-order valence-electron chi connectivity index (χ1n) is 6.59. The van der Waals surface area contributed by atoms with Gasteiger partial charge in [-0.3, -0.25) is 4.79 Å². The summed E-state index contributed by atoms with van der Waals surface area (Å²) in [6, 6.07) is 3.46. The molecular weight excluding hydrogens is 250 g/mol. The monoisotopic (exact) mass is 268 g/mol. The van der Waals surface area contributed by atoms with Crippen molar-refractivity contribution in [2.75, 3.05) is 13.1 Å². The highest BCUT2D eigenvalue weighted by Crippen LogP contribution is 2.12. The summed E-state index contributed by atoms with van der Waals surface area (Å²) in [4.78, 5) is 11.7. The van der Waals surface area contributed by atoms with Crippen LogP contribution in [0.25, 0.3) is 0 Å². The van der Waals surface area contributed by atoms with Crippen LogP contribution < -0.4 is 10.6 Å². The van der Waals surface area contributed by atoms with Crippen molar-refractivity contribution < 1.29 is 13.6 Å². The van der Waals surface area contributed by atoms with Crippen LogP contribution in [0.1, 0.15) is 24.8 Å². The Kier molecular flexibility index (Phi) is 4.85. The lowest BCUT2D eigenvalue weighted by atomic mass is 10.1. The molecular formula is C14H18F2N2O. The number of nitrogens with one attached hydrogen (secondary N) is 2. The van der Waals surface area contributed by atoms with Crippen LogP contribution in [0.4, 0.5) is 8.78 Å². The molecule has 0 saturated carbocycles. The van der Waals surface area contributed by atoms with Gasteiger partial charge in [-0.2, -0.15) is 0 Å². The van der Waals surface area contributed by atoms with Crippen molar-refractivity contribution in [3.05, 3.63) is 35.4 Å². The summed E-state index contributed by atoms with van der Waals surface area (Å²) in [5.41, 5.74) is 0.247. The molecule has 2 N–H and O–H groups in total. The van der Waals surface area contributed by atoms with E-state index in [-0.39, 0.29) is 30.4 Å². The fourth-order valence-corrected chi connectivity index (χ4v) is 2.26. The van der Waals surface area contributed by atoms with E-state index in [9.17, 15) is 13.6 Å². The van der Waals surface area contributed by atoms with Gasteiger partial charge in [0.15, 0.2) is 0 Å². The van der Waals surface area contributed by atoms with Crippen LogP contribution in [0.2, 0.25) is 0 Å². The molecule has 0 bridgehead atoms. The van der Waals surface area contributed by atoms with Gasteiger partial charge in [0.25, 0.3) is 0 Å². The molecule has 1 aliphatic rings. The summed E-state index contributed by atoms with van der Waals surface area (Å²) >= 11 is 0. The van der Waals surface area contributed by atoms with Crippen LogP contribution in [0.5, 0.6) is 0 Å². The minimum Gasteiger partial charge on any atom is -0.352 e. The number of carbonyl (C=O) groups excluding carboxylic acids is 1. The van der Waals surface area contributed by atoms with Crippen molar-refractivity contribution in [2.24, 2.45) is 0 Å². The Morgan fingerprint density at radius 1 is 1.42 bits per heavy atom. The Morgan fingerprint density at radius 3 is 3.00 bits per heavy atom. The van der Waals surface area contributed by atoms with E-state index in [0.717, 1.165) is 44.1 Å². The second kappa shape index (κ2) is 6.61. The zero-order chi connectivity index (χ0) is 13.7. The normalized spacial score (nSPS) is 19.2. The highest BCUT2D eigenvalue weighted by Gasteiger charge is 2.15. The highest BCUT2D eigenvalue weighted by molar-refractivity contribution is 5.76. The fourth-order valence-electron chi connectivity index (χ4n) is 2.26. The van der Waals surface area contributed by atoms with Crippen LogP contribution in [-0.4, -0.2) is 25.0 Å². The average Bonchev–Trinajstić information content (AvgIpc) is 2.41. The number of piperidine rings is 1. The molecule has 1 atom stereocenters. The van der Waals surface area contributed by atoms with E-state index in [0.29, 0.717) is 0 Å². The van der Waals surface area contributed by atoms with Gasteiger partial charge >= 0.3 is 0 Å². The van der Waals surface area contributed by atoms with Crippen LogP contribution >= 0.6 is 0 Å². The summed E-state index contributed by atoms with van der Waals surface area (Å²) < 4.78 is 26.3. The number of aryl methyl sites for hydroxylation is 1. The van der Waals surface area contributed by atoms with Gasteiger partial charge in [-0.25, -0.2) is 8.78 Å². The van der Waals surface area contributed by atoms with E-state index in [1.54, 1.807) is 0 Å². The first-order chi connectivity index (χ1) is 9.15. The number of amides is 1. The Labute approximate surface area is 111 Å². The maximum absolute atomic E-state index is 13.4. The third-order valence-corrected chi connectivity index (χ3v) is 3.29. The van der Waals surface area contributed by atoms with Gasteiger partial charge in [-0.15, -0.1) is 0 Å². The van der Waals surface area contributed by atoms with Crippen LogP contribution in [0, 0.1) is 11.6 Å². The first-order valence-corrected chi connectivity index (χ1v) is 6.59. The molecule has 3 nitrogen and oxygen atoms in total. The van der Waals surface area contributed by atoms with Crippen LogP contribution in [-0.2, 0) is 11.2 Å². The fraction of sp³-hybridized carbons (Fsp3) is 0.500. The van der Waals surface area contributed by atoms with Gasteiger partial charge in [0.1, 0.15) is 11.6 Å². The topological polar surface area (TPSA) is 41.1 Å². The Morgan fingerprint density at radius 2 is 2.26 bits per heavy atom. The van der Waals surface area contributed by atoms with Gasteiger partial charge in [0.2, 0.25) is 5.91 Å². The summed E-state index contributed by atoms with van der Waals surface area (Å²) in [5.74, 6) is -1.06. The number of benzene rings is 1. The van der Waals surface area contributed by atoms with Crippen molar-refractivity contribution >= 4 is 5.91 Å². The quantitative estimate of drug-likeness (QED) is 0.873. The summed E-state index contributed by atoms with van der Waals surface area (Å²) in [5, 5.41) is 6.11. The maximum atomic E-state index is 13.4. The van der Waals surface area contributed by atoms with Crippen LogP contribution in [0.15, 0.2) is 18.2 Å². The summed E-state index contributed by atoms with van der Waals surface area (Å²) in [6.45, 7) is 1.76. The predicted molar refractivity (Wildman–Crippen MR) is 68.7 cm³/mol. The number of hydrogen-bond acceptors (Lipinski definition) is 2. The third kappa shape index (κ3) is 4.28. The molecule has 1 aliphatic heterocycles. The molecule has 0 radical (unpaired) electrons. The molecule has 5 heteroatoms. The number of hydrogen-bond donors (Lipinski definition) is 2. The Bertz CT molecular complexity index is 445. The lowest BCUT2D eigenvalue weighted by Gasteiger charge is -2.23. The molecule has 1 amide bonds. The third-order valence-electron chi connectivity index (χ3n) is 3.29. The summed E-state index contributed by atoms with van der Waals surface area (Å²) in [7, 11) is 0. The minimum absolute atomic E-state index is 0.114. The molecule has 0 aliphatic carbocycles. The molecule has 1 aromatic rings. The standard InChI is InChI=1S/C14H18F2N2O/c15-11-4-5-13(16)10(8-11)3-6-14(19)18-12-2-1-7-17-9-12/h4-5,8,12,17H,1-3,6-7,9H2,(H,18,19)/t12-/m0/s1. The van der Waals surface area contributed by atoms with Gasteiger partial charge in [-0.05, 0) is 49.6 Å². The van der Waals surface area contributed by atoms with E-state index >= 15 is 0 Å². The van der Waals surface area contributed by atoms with Gasteiger partial charge in [0.05, 0.1) is 0 Å². The van der Waals surface area contributed by atoms with Crippen molar-refractivity contribution in [1.29, 1.82) is 0 Å². The molecule has 1 saturated heterocycles. The molecule has 104 valence electrons. The van der Waals surface area contributed by atoms with Crippen molar-refractivity contribution in [1.82, 2.24) is 10.6 Å². The van der Waals surface area contributed by atoms with E-state index in [1.807, 2.05) is 0 Å². The van der Waals surface area contributed by atoms with Gasteiger partial charge < -0.3 is 10.6 Å². The van der Waals surface area contributed by atoms with Gasteiger partial charge in [-0.1, -0.05) is 0 Å². The molecule has 1 fully saturated rings. The Hall–Kier alpha value is -1.49. The number of rotatable bonds is 4. The van der Waals surface area contributed by atoms with E-state index in [1.165, 1.54) is 0 Å². The van der Waals surface area contributed by atoms with E-state index in [4.69, 9.17) is 0 Å². The number of halogens is 2. The summed E-state index contributed by atoms with van der Waals surface area (Å²) in [6.07, 6.45) is 2.41. The molecule has 19 heavy (non-hydrogen) atoms. The molecule has 0 spiro atoms. The van der Waals surface area contributed by atoms with Crippen molar-refractivity contribution in [3.63, 3.8) is 0 Å². The van der Waals surface area contributed by atoms with Crippen molar-refractivity contribution in [2.45, 2.75) is 31.7 Å². The van der Waals surface area contributed by atoms with Crippen LogP contribution in [0.3, 0.4) is 0 Å². The van der Waals surface area contributed by atoms with E-state index < -0.39 is 11.6 Å². The zero-order valence-electron chi connectivity index (χ0n) is 10.7. The van der Waals surface area contributed by atoms with Crippen molar-refractivity contribution in [3.8, 4) is 0 Å². The molecule has 0 unspecified atom stereocenters. The maximum Gasteiger partial charge on any atom is 0.220 e. The van der Waals surface area contributed by atoms with E-state index in [2.05, 4.69) is 10.6 Å². The zero-order valence-corrected chi connectivity index (χ0v) is 10.7. The molecule has 2 rings (SSSR count). The lowest BCUT2D eigenvalue weighted by molar-refractivity contribution is -0.121. The first kappa shape index (κ1) is 13.9. The highest BCUT2D eigenvalue weighted by atomic mass is 19.1. The largest absolute Gasteiger partial charge is 0.352 e. The lowest BCUT2D eigenvalue weighted by Crippen LogP contribution is -2.45. The molecule has 1 heterocycles. The molecule has 0 aromatic heterocycles. The Balaban J connectivity index is 1.81. The smallest absolute Gasteiger partial charge is 0.220 e. The predicted octanol–water partition coefficient (Wildman–Crippen LogP) is 1.77. The second-order valence-electron chi connectivity index (χ2n) is 4.85.